The second-order valence-corrected chi connectivity index (χ2v) is 7.40. The first-order valence-electron chi connectivity index (χ1n) is 10.4. The van der Waals surface area contributed by atoms with Gasteiger partial charge in [-0.2, -0.15) is 4.99 Å². The van der Waals surface area contributed by atoms with E-state index in [1.165, 1.54) is 7.11 Å². The summed E-state index contributed by atoms with van der Waals surface area (Å²) < 4.78 is 5.24. The quantitative estimate of drug-likeness (QED) is 0.680. The van der Waals surface area contributed by atoms with Crippen molar-refractivity contribution in [3.63, 3.8) is 0 Å². The van der Waals surface area contributed by atoms with Crippen LogP contribution in [0.1, 0.15) is 23.2 Å². The number of carbonyl (C=O) groups is 3. The van der Waals surface area contributed by atoms with Crippen molar-refractivity contribution in [1.82, 2.24) is 0 Å². The maximum atomic E-state index is 12.5. The molecule has 2 aromatic carbocycles. The Morgan fingerprint density at radius 2 is 1.79 bits per heavy atom. The predicted molar refractivity (Wildman–Crippen MR) is 127 cm³/mol. The Kier molecular flexibility index (Phi) is 6.54. The molecule has 0 saturated heterocycles. The van der Waals surface area contributed by atoms with Gasteiger partial charge in [0.1, 0.15) is 17.5 Å². The lowest BCUT2D eigenvalue weighted by Gasteiger charge is -2.17. The minimum absolute atomic E-state index is 0.128. The van der Waals surface area contributed by atoms with Gasteiger partial charge in [-0.05, 0) is 42.5 Å². The van der Waals surface area contributed by atoms with Crippen LogP contribution in [0, 0.1) is 5.92 Å². The second kappa shape index (κ2) is 9.86. The first kappa shape index (κ1) is 21.9. The Bertz CT molecular complexity index is 1210. The van der Waals surface area contributed by atoms with Gasteiger partial charge in [0.15, 0.2) is 0 Å². The van der Waals surface area contributed by atoms with Crippen LogP contribution in [0.2, 0.25) is 0 Å². The minimum atomic E-state index is -0.425. The van der Waals surface area contributed by atoms with Gasteiger partial charge in [0, 0.05) is 24.1 Å². The van der Waals surface area contributed by atoms with Gasteiger partial charge in [-0.15, -0.1) is 0 Å². The molecule has 1 heterocycles. The molecule has 1 aliphatic carbocycles. The number of hydrogen-bond acceptors (Lipinski definition) is 5. The number of nitrogens with zero attached hydrogens (tertiary/aromatic N) is 2. The van der Waals surface area contributed by atoms with E-state index in [2.05, 4.69) is 20.6 Å². The lowest BCUT2D eigenvalue weighted by atomic mass is 9.96. The summed E-state index contributed by atoms with van der Waals surface area (Å²) in [5.74, 6) is -0.302. The molecule has 0 aromatic heterocycles. The fourth-order valence-electron chi connectivity index (χ4n) is 3.43. The number of ether oxygens (including phenoxy) is 1. The number of fused-ring (bicyclic) bond motifs is 1. The molecule has 33 heavy (non-hydrogen) atoms. The van der Waals surface area contributed by atoms with E-state index in [0.29, 0.717) is 34.2 Å². The van der Waals surface area contributed by atoms with Crippen LogP contribution in [0.15, 0.2) is 82.8 Å². The monoisotopic (exact) mass is 442 g/mol. The smallest absolute Gasteiger partial charge is 0.260 e. The van der Waals surface area contributed by atoms with Crippen LogP contribution in [-0.2, 0) is 9.59 Å². The molecule has 1 unspecified atom stereocenters. The van der Waals surface area contributed by atoms with E-state index < -0.39 is 5.92 Å². The molecule has 4 rings (SSSR count). The van der Waals surface area contributed by atoms with Crippen LogP contribution >= 0.6 is 0 Å². The normalized spacial score (nSPS) is 16.4. The van der Waals surface area contributed by atoms with Gasteiger partial charge in [0.25, 0.3) is 11.8 Å². The van der Waals surface area contributed by atoms with E-state index in [4.69, 9.17) is 4.74 Å². The molecule has 0 radical (unpaired) electrons. The van der Waals surface area contributed by atoms with Gasteiger partial charge in [0.05, 0.1) is 18.5 Å². The predicted octanol–water partition coefficient (Wildman–Crippen LogP) is 3.79. The Labute approximate surface area is 190 Å². The molecule has 0 fully saturated rings. The third kappa shape index (κ3) is 5.30. The van der Waals surface area contributed by atoms with Crippen LogP contribution in [0.5, 0.6) is 5.75 Å². The van der Waals surface area contributed by atoms with Crippen molar-refractivity contribution in [1.29, 1.82) is 0 Å². The Morgan fingerprint density at radius 3 is 2.58 bits per heavy atom. The zero-order valence-corrected chi connectivity index (χ0v) is 17.9. The molecule has 0 spiro atoms. The summed E-state index contributed by atoms with van der Waals surface area (Å²) in [5.41, 5.74) is 2.21. The molecule has 0 saturated carbocycles. The number of nitrogens with one attached hydrogen (secondary N) is 2. The number of amidine groups is 1. The van der Waals surface area contributed by atoms with Crippen LogP contribution in [0.25, 0.3) is 0 Å². The van der Waals surface area contributed by atoms with Gasteiger partial charge in [-0.3, -0.25) is 14.4 Å². The molecule has 1 atom stereocenters. The molecule has 1 aliphatic heterocycles. The fourth-order valence-corrected chi connectivity index (χ4v) is 3.43. The standard InChI is InChI=1S/C25H22N4O4/c1-33-21-9-5-4-8-20(21)28-24(31)16-10-12-17(13-11-16)26-23(30)15-14-22-27-19-7-3-2-6-18(19)25(32)29-22/h2-13,18H,14-15H2,1H3,(H,26,30)(H,28,31). The number of allylic oxidation sites excluding steroid dienone is 3. The van der Waals surface area contributed by atoms with Crippen LogP contribution in [-0.4, -0.2) is 36.4 Å². The Hall–Kier alpha value is -4.33. The molecule has 2 N–H and O–H groups in total. The van der Waals surface area contributed by atoms with Gasteiger partial charge >= 0.3 is 0 Å². The van der Waals surface area contributed by atoms with Crippen molar-refractivity contribution in [3.8, 4) is 5.75 Å². The summed E-state index contributed by atoms with van der Waals surface area (Å²) >= 11 is 0. The van der Waals surface area contributed by atoms with Crippen molar-refractivity contribution in [3.05, 3.63) is 78.4 Å². The molecule has 8 nitrogen and oxygen atoms in total. The van der Waals surface area contributed by atoms with E-state index in [1.807, 2.05) is 12.1 Å². The highest BCUT2D eigenvalue weighted by atomic mass is 16.5. The third-order valence-corrected chi connectivity index (χ3v) is 5.13. The number of carbonyl (C=O) groups excluding carboxylic acids is 3. The average molecular weight is 442 g/mol. The van der Waals surface area contributed by atoms with Gasteiger partial charge in [-0.1, -0.05) is 30.4 Å². The molecule has 166 valence electrons. The zero-order valence-electron chi connectivity index (χ0n) is 17.9. The molecule has 2 aromatic rings. The van der Waals surface area contributed by atoms with Crippen molar-refractivity contribution in [2.45, 2.75) is 12.8 Å². The highest BCUT2D eigenvalue weighted by molar-refractivity contribution is 6.21. The summed E-state index contributed by atoms with van der Waals surface area (Å²) in [6.45, 7) is 0. The first-order chi connectivity index (χ1) is 16.0. The fraction of sp³-hybridized carbons (Fsp3) is 0.160. The number of aliphatic imine (C=N–C) groups is 2. The molecule has 8 heteroatoms. The average Bonchev–Trinajstić information content (AvgIpc) is 2.83. The molecule has 0 bridgehead atoms. The van der Waals surface area contributed by atoms with Crippen molar-refractivity contribution >= 4 is 40.6 Å². The summed E-state index contributed by atoms with van der Waals surface area (Å²) in [4.78, 5) is 45.3. The van der Waals surface area contributed by atoms with Crippen LogP contribution < -0.4 is 15.4 Å². The van der Waals surface area contributed by atoms with Crippen molar-refractivity contribution in [2.24, 2.45) is 15.9 Å². The molecular formula is C25H22N4O4. The summed E-state index contributed by atoms with van der Waals surface area (Å²) in [6.07, 6.45) is 7.53. The van der Waals surface area contributed by atoms with Crippen LogP contribution in [0.4, 0.5) is 11.4 Å². The third-order valence-electron chi connectivity index (χ3n) is 5.13. The lowest BCUT2D eigenvalue weighted by molar-refractivity contribution is -0.119. The SMILES string of the molecule is COc1ccccc1NC(=O)c1ccc(NC(=O)CCC2=NC(=O)C3C=CC=CC3=N2)cc1. The number of methoxy groups -OCH3 is 1. The van der Waals surface area contributed by atoms with E-state index in [1.54, 1.807) is 60.7 Å². The Morgan fingerprint density at radius 1 is 1.00 bits per heavy atom. The minimum Gasteiger partial charge on any atom is -0.495 e. The summed E-state index contributed by atoms with van der Waals surface area (Å²) in [6, 6.07) is 13.7. The van der Waals surface area contributed by atoms with E-state index in [0.717, 1.165) is 0 Å². The highest BCUT2D eigenvalue weighted by Crippen LogP contribution is 2.24. The van der Waals surface area contributed by atoms with Gasteiger partial charge in [0.2, 0.25) is 5.91 Å². The number of hydrogen-bond donors (Lipinski definition) is 2. The Balaban J connectivity index is 1.31. The number of benzene rings is 2. The second-order valence-electron chi connectivity index (χ2n) is 7.40. The van der Waals surface area contributed by atoms with E-state index in [9.17, 15) is 14.4 Å². The van der Waals surface area contributed by atoms with Crippen LogP contribution in [0.3, 0.4) is 0 Å². The highest BCUT2D eigenvalue weighted by Gasteiger charge is 2.26. The number of amides is 3. The summed E-state index contributed by atoms with van der Waals surface area (Å²) in [5, 5.41) is 5.58. The lowest BCUT2D eigenvalue weighted by Crippen LogP contribution is -2.27. The molecule has 3 amide bonds. The van der Waals surface area contributed by atoms with E-state index >= 15 is 0 Å². The summed E-state index contributed by atoms with van der Waals surface area (Å²) in [7, 11) is 1.54. The topological polar surface area (TPSA) is 109 Å². The number of anilines is 2. The zero-order chi connectivity index (χ0) is 23.2. The largest absolute Gasteiger partial charge is 0.495 e. The van der Waals surface area contributed by atoms with E-state index in [-0.39, 0.29) is 30.6 Å². The van der Waals surface area contributed by atoms with Crippen molar-refractivity contribution < 1.29 is 19.1 Å². The molecule has 2 aliphatic rings. The molecular weight excluding hydrogens is 420 g/mol. The number of para-hydroxylation sites is 2. The van der Waals surface area contributed by atoms with Crippen molar-refractivity contribution in [2.75, 3.05) is 17.7 Å². The van der Waals surface area contributed by atoms with Gasteiger partial charge < -0.3 is 15.4 Å². The van der Waals surface area contributed by atoms with Gasteiger partial charge in [-0.25, -0.2) is 4.99 Å². The maximum Gasteiger partial charge on any atom is 0.260 e. The first-order valence-corrected chi connectivity index (χ1v) is 10.4. The number of rotatable bonds is 7. The maximum absolute atomic E-state index is 12.5.